The number of nitrogens with zero attached hydrogens (tertiary/aromatic N) is 3. The minimum atomic E-state index is 0.229. The van der Waals surface area contributed by atoms with Gasteiger partial charge in [0, 0.05) is 11.3 Å². The largest absolute Gasteiger partial charge is 0.282 e. The van der Waals surface area contributed by atoms with Crippen LogP contribution in [0, 0.1) is 19.3 Å². The van der Waals surface area contributed by atoms with Gasteiger partial charge in [0.2, 0.25) is 0 Å². The molecule has 1 aromatic heterocycles. The molecule has 2 rings (SSSR count). The van der Waals surface area contributed by atoms with Crippen LogP contribution in [0.15, 0.2) is 23.2 Å². The summed E-state index contributed by atoms with van der Waals surface area (Å²) < 4.78 is 1.92. The van der Waals surface area contributed by atoms with Gasteiger partial charge < -0.3 is 0 Å². The molecule has 4 nitrogen and oxygen atoms in total. The number of allylic oxidation sites excluding steroid dienone is 1. The van der Waals surface area contributed by atoms with E-state index in [9.17, 15) is 0 Å². The first-order chi connectivity index (χ1) is 8.82. The molecular formula is C15H20N4. The molecule has 0 bridgehead atoms. The van der Waals surface area contributed by atoms with Crippen molar-refractivity contribution in [2.24, 2.45) is 4.99 Å². The molecule has 1 aliphatic heterocycles. The molecule has 0 unspecified atom stereocenters. The highest BCUT2D eigenvalue weighted by molar-refractivity contribution is 6.26. The Morgan fingerprint density at radius 3 is 2.42 bits per heavy atom. The Kier molecular flexibility index (Phi) is 3.27. The van der Waals surface area contributed by atoms with Gasteiger partial charge >= 0.3 is 0 Å². The van der Waals surface area contributed by atoms with E-state index < -0.39 is 0 Å². The third-order valence-corrected chi connectivity index (χ3v) is 3.42. The molecular weight excluding hydrogens is 236 g/mol. The summed E-state index contributed by atoms with van der Waals surface area (Å²) in [6.45, 7) is 14.2. The van der Waals surface area contributed by atoms with Gasteiger partial charge in [-0.25, -0.2) is 9.67 Å². The van der Waals surface area contributed by atoms with Crippen LogP contribution in [0.5, 0.6) is 0 Å². The lowest BCUT2D eigenvalue weighted by atomic mass is 10.0. The molecule has 100 valence electrons. The van der Waals surface area contributed by atoms with Gasteiger partial charge in [-0.1, -0.05) is 20.4 Å². The number of hydrogen-bond acceptors (Lipinski definition) is 2. The number of hydrogen-bond donors (Lipinski definition) is 1. The molecule has 1 N–H and O–H groups in total. The van der Waals surface area contributed by atoms with Crippen LogP contribution in [0.1, 0.15) is 43.6 Å². The normalized spacial score (nSPS) is 15.9. The zero-order valence-corrected chi connectivity index (χ0v) is 12.2. The summed E-state index contributed by atoms with van der Waals surface area (Å²) in [5, 5.41) is 12.3. The fourth-order valence-corrected chi connectivity index (χ4v) is 2.57. The number of rotatable bonds is 2. The molecule has 0 aromatic carbocycles. The molecule has 0 fully saturated rings. The first kappa shape index (κ1) is 13.5. The monoisotopic (exact) mass is 256 g/mol. The van der Waals surface area contributed by atoms with Crippen molar-refractivity contribution in [3.8, 4) is 0 Å². The number of aromatic nitrogens is 2. The van der Waals surface area contributed by atoms with Gasteiger partial charge in [0.1, 0.15) is 0 Å². The summed E-state index contributed by atoms with van der Waals surface area (Å²) in [7, 11) is 0. The minimum Gasteiger partial charge on any atom is -0.282 e. The molecule has 0 saturated carbocycles. The fraction of sp³-hybridized carbons (Fsp3) is 0.400. The Labute approximate surface area is 114 Å². The Hall–Kier alpha value is -1.97. The fourth-order valence-electron chi connectivity index (χ4n) is 2.57. The van der Waals surface area contributed by atoms with Crippen LogP contribution in [0.3, 0.4) is 0 Å². The van der Waals surface area contributed by atoms with E-state index in [0.717, 1.165) is 22.8 Å². The number of dihydropyridines is 1. The van der Waals surface area contributed by atoms with Gasteiger partial charge in [-0.2, -0.15) is 5.10 Å². The highest BCUT2D eigenvalue weighted by Crippen LogP contribution is 2.26. The highest BCUT2D eigenvalue weighted by atomic mass is 15.3. The van der Waals surface area contributed by atoms with E-state index in [-0.39, 0.29) is 5.84 Å². The van der Waals surface area contributed by atoms with E-state index in [0.29, 0.717) is 11.5 Å². The molecule has 0 atom stereocenters. The van der Waals surface area contributed by atoms with E-state index in [4.69, 9.17) is 5.41 Å². The lowest BCUT2D eigenvalue weighted by Gasteiger charge is -2.15. The summed E-state index contributed by atoms with van der Waals surface area (Å²) in [6.07, 6.45) is 1.88. The number of aryl methyl sites for hydroxylation is 1. The maximum atomic E-state index is 7.69. The van der Waals surface area contributed by atoms with Crippen molar-refractivity contribution in [2.45, 2.75) is 40.5 Å². The van der Waals surface area contributed by atoms with Gasteiger partial charge in [-0.05, 0) is 38.3 Å². The third kappa shape index (κ3) is 2.18. The first-order valence-corrected chi connectivity index (χ1v) is 6.44. The Morgan fingerprint density at radius 1 is 1.26 bits per heavy atom. The van der Waals surface area contributed by atoms with E-state index in [1.807, 2.05) is 24.6 Å². The standard InChI is InChI=1S/C15H20N4/c1-8(2)14-11(5)18-19(12(14)6)13-7-9(3)15(16)17-10(13)4/h7-8,16H,3H2,1-2,4-6H3. The maximum absolute atomic E-state index is 7.69. The molecule has 0 aliphatic carbocycles. The van der Waals surface area contributed by atoms with Gasteiger partial charge in [-0.3, -0.25) is 5.41 Å². The average Bonchev–Trinajstić information content (AvgIpc) is 2.59. The number of amidine groups is 1. The van der Waals surface area contributed by atoms with Crippen molar-refractivity contribution < 1.29 is 0 Å². The van der Waals surface area contributed by atoms with Crippen LogP contribution >= 0.6 is 0 Å². The van der Waals surface area contributed by atoms with Crippen LogP contribution in [-0.2, 0) is 0 Å². The second-order valence-corrected chi connectivity index (χ2v) is 5.25. The van der Waals surface area contributed by atoms with Crippen LogP contribution < -0.4 is 0 Å². The smallest absolute Gasteiger partial charge is 0.151 e. The molecule has 19 heavy (non-hydrogen) atoms. The van der Waals surface area contributed by atoms with Crippen molar-refractivity contribution in [1.82, 2.24) is 9.78 Å². The minimum absolute atomic E-state index is 0.229. The van der Waals surface area contributed by atoms with Gasteiger partial charge in [-0.15, -0.1) is 0 Å². The van der Waals surface area contributed by atoms with Gasteiger partial charge in [0.05, 0.1) is 17.1 Å². The summed E-state index contributed by atoms with van der Waals surface area (Å²) in [6, 6.07) is 0. The Balaban J connectivity index is 2.58. The SMILES string of the molecule is C=C1C=C(n2nc(C)c(C(C)C)c2C)C(C)=NC1=N. The van der Waals surface area contributed by atoms with E-state index in [1.54, 1.807) is 0 Å². The second kappa shape index (κ2) is 4.61. The van der Waals surface area contributed by atoms with E-state index in [2.05, 4.69) is 37.4 Å². The topological polar surface area (TPSA) is 54.0 Å². The highest BCUT2D eigenvalue weighted by Gasteiger charge is 2.20. The van der Waals surface area contributed by atoms with Gasteiger partial charge in [0.15, 0.2) is 5.84 Å². The molecule has 0 spiro atoms. The number of aliphatic imine (C=N–C) groups is 1. The third-order valence-electron chi connectivity index (χ3n) is 3.42. The molecule has 4 heteroatoms. The zero-order chi connectivity index (χ0) is 14.3. The van der Waals surface area contributed by atoms with E-state index in [1.165, 1.54) is 5.56 Å². The molecule has 1 aliphatic rings. The average molecular weight is 256 g/mol. The Morgan fingerprint density at radius 2 is 1.89 bits per heavy atom. The summed E-state index contributed by atoms with van der Waals surface area (Å²) in [5.74, 6) is 0.670. The van der Waals surface area contributed by atoms with Crippen molar-refractivity contribution in [1.29, 1.82) is 5.41 Å². The number of nitrogens with one attached hydrogen (secondary N) is 1. The van der Waals surface area contributed by atoms with Crippen LogP contribution in [0.2, 0.25) is 0 Å². The molecule has 1 aromatic rings. The first-order valence-electron chi connectivity index (χ1n) is 6.44. The second-order valence-electron chi connectivity index (χ2n) is 5.25. The molecule has 2 heterocycles. The molecule has 0 radical (unpaired) electrons. The zero-order valence-electron chi connectivity index (χ0n) is 12.2. The van der Waals surface area contributed by atoms with Crippen molar-refractivity contribution in [3.05, 3.63) is 35.2 Å². The maximum Gasteiger partial charge on any atom is 0.151 e. The predicted molar refractivity (Wildman–Crippen MR) is 80.0 cm³/mol. The van der Waals surface area contributed by atoms with Crippen LogP contribution in [0.25, 0.3) is 5.70 Å². The summed E-state index contributed by atoms with van der Waals surface area (Å²) >= 11 is 0. The lowest BCUT2D eigenvalue weighted by Crippen LogP contribution is -2.16. The van der Waals surface area contributed by atoms with Crippen molar-refractivity contribution >= 4 is 17.2 Å². The Bertz CT molecular complexity index is 627. The quantitative estimate of drug-likeness (QED) is 0.865. The van der Waals surface area contributed by atoms with Crippen LogP contribution in [0.4, 0.5) is 0 Å². The van der Waals surface area contributed by atoms with Gasteiger partial charge in [0.25, 0.3) is 0 Å². The molecule has 0 saturated heterocycles. The molecule has 0 amide bonds. The van der Waals surface area contributed by atoms with Crippen LogP contribution in [-0.4, -0.2) is 21.3 Å². The van der Waals surface area contributed by atoms with Crippen molar-refractivity contribution in [2.75, 3.05) is 0 Å². The van der Waals surface area contributed by atoms with Crippen molar-refractivity contribution in [3.63, 3.8) is 0 Å². The predicted octanol–water partition coefficient (Wildman–Crippen LogP) is 3.47. The lowest BCUT2D eigenvalue weighted by molar-refractivity contribution is 0.838. The van der Waals surface area contributed by atoms with E-state index >= 15 is 0 Å². The summed E-state index contributed by atoms with van der Waals surface area (Å²) in [5.41, 5.74) is 5.80. The summed E-state index contributed by atoms with van der Waals surface area (Å²) in [4.78, 5) is 4.22.